The fraction of sp³-hybridized carbons (Fsp3) is 0.433. The third-order valence-corrected chi connectivity index (χ3v) is 11.6. The van der Waals surface area contributed by atoms with Crippen molar-refractivity contribution in [2.24, 2.45) is 12.5 Å². The van der Waals surface area contributed by atoms with Crippen molar-refractivity contribution in [1.82, 2.24) is 0 Å². The van der Waals surface area contributed by atoms with Crippen LogP contribution in [0.1, 0.15) is 55.4 Å². The summed E-state index contributed by atoms with van der Waals surface area (Å²) in [5.41, 5.74) is 6.78. The van der Waals surface area contributed by atoms with Gasteiger partial charge in [-0.15, -0.1) is 0 Å². The van der Waals surface area contributed by atoms with Gasteiger partial charge in [0.05, 0.1) is 0 Å². The second kappa shape index (κ2) is 8.48. The predicted octanol–water partition coefficient (Wildman–Crippen LogP) is 7.33. The molecule has 0 unspecified atom stereocenters. The van der Waals surface area contributed by atoms with Gasteiger partial charge >= 0.3 is 204 Å². The Bertz CT molecular complexity index is 1230. The molecule has 1 nitrogen and oxygen atoms in total. The summed E-state index contributed by atoms with van der Waals surface area (Å²) in [6.45, 7) is 11.5. The van der Waals surface area contributed by atoms with Crippen LogP contribution in [-0.2, 0) is 12.5 Å². The van der Waals surface area contributed by atoms with Gasteiger partial charge in [0, 0.05) is 0 Å². The Morgan fingerprint density at radius 1 is 0.844 bits per heavy atom. The van der Waals surface area contributed by atoms with Gasteiger partial charge in [0.2, 0.25) is 0 Å². The molecule has 2 aromatic carbocycles. The molecule has 0 radical (unpaired) electrons. The third kappa shape index (κ3) is 4.60. The van der Waals surface area contributed by atoms with Crippen molar-refractivity contribution in [3.05, 3.63) is 71.4 Å². The number of pyridine rings is 1. The van der Waals surface area contributed by atoms with Crippen LogP contribution in [0.15, 0.2) is 54.7 Å². The molecule has 0 atom stereocenters. The first-order valence-corrected chi connectivity index (χ1v) is 19.0. The van der Waals surface area contributed by atoms with Crippen LogP contribution in [0.2, 0.25) is 17.3 Å². The van der Waals surface area contributed by atoms with E-state index < -0.39 is 20.1 Å². The summed E-state index contributed by atoms with van der Waals surface area (Å²) in [6.07, 6.45) is 2.36. The van der Waals surface area contributed by atoms with Crippen LogP contribution in [0.5, 0.6) is 0 Å². The van der Waals surface area contributed by atoms with E-state index in [1.165, 1.54) is 9.96 Å². The standard InChI is InChI=1S/C30H42GeN/c1-21-17-22(2)25(18-24(21)23-15-13-12-14-16-23)28-19-26(30(6,7)29(3,4)5)27(20-32(28)11)31(8,9)10/h12-20H,1-11H3/q+1/i1D3. The van der Waals surface area contributed by atoms with Gasteiger partial charge in [-0.3, -0.25) is 0 Å². The SMILES string of the molecule is [2H]C([2H])([2H])c1cc(C)c(-c2cc(C(C)(C)C(C)(C)C)[c]([Ge]([CH3])([CH3])[CH3])c[n+]2C)cc1-c1ccccc1. The summed E-state index contributed by atoms with van der Waals surface area (Å²) in [4.78, 5) is 0. The maximum atomic E-state index is 8.19. The Labute approximate surface area is 203 Å². The number of aryl methyl sites for hydroxylation is 3. The van der Waals surface area contributed by atoms with E-state index in [2.05, 4.69) is 81.8 Å². The predicted molar refractivity (Wildman–Crippen MR) is 143 cm³/mol. The number of hydrogen-bond acceptors (Lipinski definition) is 0. The molecule has 1 heterocycles. The normalized spacial score (nSPS) is 14.6. The molecule has 2 heteroatoms. The van der Waals surface area contributed by atoms with E-state index in [1.54, 1.807) is 0 Å². The van der Waals surface area contributed by atoms with Gasteiger partial charge in [0.1, 0.15) is 0 Å². The first-order valence-electron chi connectivity index (χ1n) is 13.1. The second-order valence-corrected chi connectivity index (χ2v) is 22.4. The Morgan fingerprint density at radius 2 is 1.47 bits per heavy atom. The Hall–Kier alpha value is -1.87. The molecule has 0 bridgehead atoms. The van der Waals surface area contributed by atoms with Crippen LogP contribution in [-0.4, -0.2) is 13.3 Å². The summed E-state index contributed by atoms with van der Waals surface area (Å²) >= 11 is -2.19. The monoisotopic (exact) mass is 493 g/mol. The first-order chi connectivity index (χ1) is 15.9. The number of nitrogens with zero attached hydrogens (tertiary/aromatic N) is 1. The van der Waals surface area contributed by atoms with Crippen LogP contribution < -0.4 is 8.96 Å². The molecule has 0 saturated heterocycles. The van der Waals surface area contributed by atoms with Gasteiger partial charge in [-0.05, 0) is 0 Å². The third-order valence-electron chi connectivity index (χ3n) is 7.36. The molecule has 0 aliphatic rings. The first kappa shape index (κ1) is 20.7. The zero-order valence-electron chi connectivity index (χ0n) is 24.6. The second-order valence-electron chi connectivity index (χ2n) is 11.8. The summed E-state index contributed by atoms with van der Waals surface area (Å²) in [5.74, 6) is 7.38. The fourth-order valence-electron chi connectivity index (χ4n) is 4.28. The fourth-order valence-corrected chi connectivity index (χ4v) is 8.00. The van der Waals surface area contributed by atoms with E-state index >= 15 is 0 Å². The van der Waals surface area contributed by atoms with Crippen LogP contribution in [0.25, 0.3) is 22.4 Å². The summed E-state index contributed by atoms with van der Waals surface area (Å²) in [7, 11) is 2.12. The molecule has 32 heavy (non-hydrogen) atoms. The van der Waals surface area contributed by atoms with Crippen molar-refractivity contribution >= 4 is 17.7 Å². The minimum atomic E-state index is -2.19. The number of rotatable bonds is 4. The molecule has 3 rings (SSSR count). The molecule has 0 aliphatic carbocycles. The van der Waals surface area contributed by atoms with E-state index in [0.29, 0.717) is 5.56 Å². The molecule has 0 N–H and O–H groups in total. The minimum absolute atomic E-state index is 0.0291. The van der Waals surface area contributed by atoms with E-state index in [-0.39, 0.29) is 10.8 Å². The molecular formula is C30H42GeN+. The Balaban J connectivity index is 2.40. The van der Waals surface area contributed by atoms with Crippen molar-refractivity contribution in [2.75, 3.05) is 0 Å². The molecular weight excluding hydrogens is 447 g/mol. The summed E-state index contributed by atoms with van der Waals surface area (Å²) < 4.78 is 28.4. The van der Waals surface area contributed by atoms with Crippen LogP contribution in [0.3, 0.4) is 0 Å². The van der Waals surface area contributed by atoms with Crippen LogP contribution in [0.4, 0.5) is 0 Å². The van der Waals surface area contributed by atoms with Gasteiger partial charge in [-0.2, -0.15) is 0 Å². The number of aromatic nitrogens is 1. The van der Waals surface area contributed by atoms with Crippen molar-refractivity contribution < 1.29 is 8.68 Å². The molecule has 1 aromatic heterocycles. The van der Waals surface area contributed by atoms with E-state index in [4.69, 9.17) is 4.11 Å². The zero-order chi connectivity index (χ0) is 26.6. The molecule has 3 aromatic rings. The zero-order valence-corrected chi connectivity index (χ0v) is 23.7. The molecule has 0 aliphatic heterocycles. The summed E-state index contributed by atoms with van der Waals surface area (Å²) in [5, 5.41) is 0. The van der Waals surface area contributed by atoms with Gasteiger partial charge < -0.3 is 0 Å². The van der Waals surface area contributed by atoms with Crippen molar-refractivity contribution in [2.45, 2.75) is 71.1 Å². The van der Waals surface area contributed by atoms with E-state index in [0.717, 1.165) is 27.9 Å². The molecule has 0 fully saturated rings. The molecule has 0 saturated carbocycles. The summed E-state index contributed by atoms with van der Waals surface area (Å²) in [6, 6.07) is 16.2. The van der Waals surface area contributed by atoms with Gasteiger partial charge in [-0.1, -0.05) is 0 Å². The van der Waals surface area contributed by atoms with Crippen LogP contribution >= 0.6 is 0 Å². The van der Waals surface area contributed by atoms with Gasteiger partial charge in [0.25, 0.3) is 0 Å². The van der Waals surface area contributed by atoms with Crippen LogP contribution in [0, 0.1) is 19.2 Å². The molecule has 0 spiro atoms. The van der Waals surface area contributed by atoms with Gasteiger partial charge in [0.15, 0.2) is 0 Å². The molecule has 0 amide bonds. The van der Waals surface area contributed by atoms with E-state index in [9.17, 15) is 0 Å². The van der Waals surface area contributed by atoms with Crippen molar-refractivity contribution in [3.8, 4) is 22.4 Å². The van der Waals surface area contributed by atoms with Gasteiger partial charge in [-0.25, -0.2) is 0 Å². The quantitative estimate of drug-likeness (QED) is 0.265. The number of benzene rings is 2. The topological polar surface area (TPSA) is 3.88 Å². The van der Waals surface area contributed by atoms with Crippen molar-refractivity contribution in [1.29, 1.82) is 0 Å². The average molecular weight is 492 g/mol. The average Bonchev–Trinajstić information content (AvgIpc) is 2.72. The maximum absolute atomic E-state index is 8.19. The molecule has 170 valence electrons. The Morgan fingerprint density at radius 3 is 2.00 bits per heavy atom. The number of hydrogen-bond donors (Lipinski definition) is 0. The van der Waals surface area contributed by atoms with Crippen molar-refractivity contribution in [3.63, 3.8) is 0 Å². The Kier molecular flexibility index (Phi) is 5.49. The van der Waals surface area contributed by atoms with E-state index in [1.807, 2.05) is 43.3 Å².